The highest BCUT2D eigenvalue weighted by Crippen LogP contribution is 2.00. The summed E-state index contributed by atoms with van der Waals surface area (Å²) in [6.45, 7) is 0.669. The summed E-state index contributed by atoms with van der Waals surface area (Å²) in [7, 11) is 0. The van der Waals surface area contributed by atoms with E-state index in [0.29, 0.717) is 13.0 Å². The van der Waals surface area contributed by atoms with Crippen LogP contribution in [0.5, 0.6) is 0 Å². The van der Waals surface area contributed by atoms with E-state index in [4.69, 9.17) is 16.6 Å². The third-order valence-corrected chi connectivity index (χ3v) is 1.54. The Balaban J connectivity index is -0.000000500. The number of carboxylic acids is 1. The van der Waals surface area contributed by atoms with E-state index in [9.17, 15) is 4.79 Å². The Morgan fingerprint density at radius 3 is 2.15 bits per heavy atom. The molecule has 0 aliphatic rings. The molecule has 0 fully saturated rings. The van der Waals surface area contributed by atoms with Crippen molar-refractivity contribution in [3.8, 4) is 0 Å². The van der Waals surface area contributed by atoms with E-state index in [1.165, 1.54) is 0 Å². The molecule has 0 saturated carbocycles. The molecule has 0 aromatic rings. The van der Waals surface area contributed by atoms with Crippen molar-refractivity contribution in [2.45, 2.75) is 31.7 Å². The number of rotatable bonds is 6. The van der Waals surface area contributed by atoms with Gasteiger partial charge in [0.2, 0.25) is 0 Å². The highest BCUT2D eigenvalue weighted by atomic mass is 35.5. The average molecular weight is 233 g/mol. The Kier molecular flexibility index (Phi) is 17.2. The van der Waals surface area contributed by atoms with Crippen molar-refractivity contribution >= 4 is 30.8 Å². The topological polar surface area (TPSA) is 89.3 Å². The number of unbranched alkanes of at least 4 members (excludes halogenated alkanes) is 2. The molecule has 1 atom stereocenters. The van der Waals surface area contributed by atoms with Crippen LogP contribution in [-0.2, 0) is 4.79 Å². The van der Waals surface area contributed by atoms with Crippen molar-refractivity contribution in [1.82, 2.24) is 0 Å². The van der Waals surface area contributed by atoms with Crippen LogP contribution in [0.3, 0.4) is 0 Å². The maximum absolute atomic E-state index is 10.2. The molecule has 0 aliphatic heterocycles. The lowest BCUT2D eigenvalue weighted by Crippen LogP contribution is -2.29. The Morgan fingerprint density at radius 1 is 1.23 bits per heavy atom. The third kappa shape index (κ3) is 12.0. The lowest BCUT2D eigenvalue weighted by molar-refractivity contribution is -0.138. The largest absolute Gasteiger partial charge is 0.480 e. The van der Waals surface area contributed by atoms with Crippen LogP contribution in [0, 0.1) is 0 Å². The second-order valence-corrected chi connectivity index (χ2v) is 2.58. The second-order valence-electron chi connectivity index (χ2n) is 2.58. The van der Waals surface area contributed by atoms with Crippen molar-refractivity contribution in [2.75, 3.05) is 6.54 Å². The summed E-state index contributed by atoms with van der Waals surface area (Å²) in [6.07, 6.45) is 3.32. The minimum atomic E-state index is -0.919. The predicted octanol–water partition coefficient (Wildman–Crippen LogP) is 0.761. The zero-order valence-corrected chi connectivity index (χ0v) is 9.07. The van der Waals surface area contributed by atoms with Gasteiger partial charge in [0.05, 0.1) is 0 Å². The Hall–Kier alpha value is -0.0300. The van der Waals surface area contributed by atoms with Crippen molar-refractivity contribution < 1.29 is 9.90 Å². The zero-order valence-electron chi connectivity index (χ0n) is 7.44. The number of hydrogen-bond donors (Lipinski definition) is 3. The first-order valence-corrected chi connectivity index (χ1v) is 3.87. The van der Waals surface area contributed by atoms with E-state index < -0.39 is 12.0 Å². The van der Waals surface area contributed by atoms with Crippen molar-refractivity contribution in [2.24, 2.45) is 11.5 Å². The first-order chi connectivity index (χ1) is 5.18. The first-order valence-electron chi connectivity index (χ1n) is 3.87. The maximum Gasteiger partial charge on any atom is 0.320 e. The van der Waals surface area contributed by atoms with Crippen molar-refractivity contribution in [3.63, 3.8) is 0 Å². The van der Waals surface area contributed by atoms with Gasteiger partial charge >= 0.3 is 5.97 Å². The van der Waals surface area contributed by atoms with Gasteiger partial charge < -0.3 is 16.6 Å². The van der Waals surface area contributed by atoms with Crippen LogP contribution in [-0.4, -0.2) is 23.7 Å². The minimum Gasteiger partial charge on any atom is -0.480 e. The number of carboxylic acid groups (broad SMARTS) is 1. The number of hydrogen-bond acceptors (Lipinski definition) is 3. The zero-order chi connectivity index (χ0) is 8.69. The summed E-state index contributed by atoms with van der Waals surface area (Å²) in [5.41, 5.74) is 10.5. The van der Waals surface area contributed by atoms with Crippen LogP contribution >= 0.6 is 24.8 Å². The van der Waals surface area contributed by atoms with Crippen molar-refractivity contribution in [3.05, 3.63) is 0 Å². The number of carbonyl (C=O) groups is 1. The molecule has 0 aliphatic carbocycles. The van der Waals surface area contributed by atoms with Gasteiger partial charge in [-0.2, -0.15) is 0 Å². The number of nitrogens with two attached hydrogens (primary N) is 2. The molecular weight excluding hydrogens is 215 g/mol. The van der Waals surface area contributed by atoms with Crippen LogP contribution in [0.2, 0.25) is 0 Å². The molecule has 5 N–H and O–H groups in total. The van der Waals surface area contributed by atoms with Gasteiger partial charge in [0.15, 0.2) is 0 Å². The number of aliphatic carboxylic acids is 1. The SMILES string of the molecule is Cl.Cl.NCCCCCC(N)C(=O)O. The smallest absolute Gasteiger partial charge is 0.320 e. The van der Waals surface area contributed by atoms with Gasteiger partial charge in [0.25, 0.3) is 0 Å². The van der Waals surface area contributed by atoms with E-state index in [2.05, 4.69) is 0 Å². The fourth-order valence-corrected chi connectivity index (χ4v) is 0.809. The molecule has 0 aromatic heterocycles. The molecule has 0 spiro atoms. The molecule has 0 heterocycles. The lowest BCUT2D eigenvalue weighted by atomic mass is 10.1. The van der Waals surface area contributed by atoms with E-state index in [0.717, 1.165) is 19.3 Å². The van der Waals surface area contributed by atoms with Crippen LogP contribution < -0.4 is 11.5 Å². The van der Waals surface area contributed by atoms with Gasteiger partial charge in [-0.25, -0.2) is 0 Å². The van der Waals surface area contributed by atoms with E-state index >= 15 is 0 Å². The van der Waals surface area contributed by atoms with Gasteiger partial charge in [-0.05, 0) is 19.4 Å². The summed E-state index contributed by atoms with van der Waals surface area (Å²) in [5, 5.41) is 8.39. The second kappa shape index (κ2) is 12.0. The Labute approximate surface area is 90.9 Å². The van der Waals surface area contributed by atoms with Gasteiger partial charge in [-0.1, -0.05) is 12.8 Å². The van der Waals surface area contributed by atoms with Crippen molar-refractivity contribution in [1.29, 1.82) is 0 Å². The molecule has 82 valence electrons. The fourth-order valence-electron chi connectivity index (χ4n) is 0.809. The molecular formula is C7H18Cl2N2O2. The molecule has 0 bridgehead atoms. The minimum absolute atomic E-state index is 0. The molecule has 1 unspecified atom stereocenters. The maximum atomic E-state index is 10.2. The molecule has 4 nitrogen and oxygen atoms in total. The Bertz CT molecular complexity index is 125. The molecule has 0 rings (SSSR count). The molecule has 0 radical (unpaired) electrons. The normalized spacial score (nSPS) is 10.9. The average Bonchev–Trinajstić information content (AvgIpc) is 1.97. The van der Waals surface area contributed by atoms with E-state index in [1.807, 2.05) is 0 Å². The molecule has 0 amide bonds. The quantitative estimate of drug-likeness (QED) is 0.591. The van der Waals surface area contributed by atoms with Gasteiger partial charge in [-0.3, -0.25) is 4.79 Å². The van der Waals surface area contributed by atoms with E-state index in [-0.39, 0.29) is 24.8 Å². The standard InChI is InChI=1S/C7H16N2O2.2ClH/c8-5-3-1-2-4-6(9)7(10)11;;/h6H,1-5,8-9H2,(H,10,11);2*1H. The monoisotopic (exact) mass is 232 g/mol. The van der Waals surface area contributed by atoms with Crippen LogP contribution in [0.4, 0.5) is 0 Å². The van der Waals surface area contributed by atoms with Gasteiger partial charge in [0.1, 0.15) is 6.04 Å². The summed E-state index contributed by atoms with van der Waals surface area (Å²) >= 11 is 0. The predicted molar refractivity (Wildman–Crippen MR) is 57.6 cm³/mol. The van der Waals surface area contributed by atoms with E-state index in [1.54, 1.807) is 0 Å². The summed E-state index contributed by atoms with van der Waals surface area (Å²) in [4.78, 5) is 10.2. The highest BCUT2D eigenvalue weighted by molar-refractivity contribution is 5.85. The summed E-state index contributed by atoms with van der Waals surface area (Å²) in [5.74, 6) is -0.919. The number of halogens is 2. The summed E-state index contributed by atoms with van der Waals surface area (Å²) < 4.78 is 0. The highest BCUT2D eigenvalue weighted by Gasteiger charge is 2.09. The fraction of sp³-hybridized carbons (Fsp3) is 0.857. The first kappa shape index (κ1) is 18.7. The summed E-state index contributed by atoms with van der Waals surface area (Å²) in [6, 6.07) is -0.701. The van der Waals surface area contributed by atoms with Crippen LogP contribution in [0.1, 0.15) is 25.7 Å². The van der Waals surface area contributed by atoms with Crippen LogP contribution in [0.25, 0.3) is 0 Å². The lowest BCUT2D eigenvalue weighted by Gasteiger charge is -2.04. The van der Waals surface area contributed by atoms with Gasteiger partial charge in [0, 0.05) is 0 Å². The molecule has 0 aromatic carbocycles. The molecule has 6 heteroatoms. The Morgan fingerprint density at radius 2 is 1.77 bits per heavy atom. The third-order valence-electron chi connectivity index (χ3n) is 1.54. The molecule has 0 saturated heterocycles. The van der Waals surface area contributed by atoms with Gasteiger partial charge in [-0.15, -0.1) is 24.8 Å². The molecule has 13 heavy (non-hydrogen) atoms. The van der Waals surface area contributed by atoms with Crippen LogP contribution in [0.15, 0.2) is 0 Å².